The Hall–Kier alpha value is -2.44. The van der Waals surface area contributed by atoms with Crippen LogP contribution < -0.4 is 10.6 Å². The van der Waals surface area contributed by atoms with Crippen LogP contribution in [-0.2, 0) is 9.59 Å². The van der Waals surface area contributed by atoms with Crippen molar-refractivity contribution in [3.8, 4) is 0 Å². The van der Waals surface area contributed by atoms with Crippen molar-refractivity contribution < 1.29 is 14.4 Å². The molecule has 0 aliphatic carbocycles. The average molecular weight is 360 g/mol. The number of hydrogen-bond acceptors (Lipinski definition) is 4. The summed E-state index contributed by atoms with van der Waals surface area (Å²) < 4.78 is 0. The highest BCUT2D eigenvalue weighted by atomic mass is 16.2. The van der Waals surface area contributed by atoms with Crippen LogP contribution in [0.4, 0.5) is 0 Å². The van der Waals surface area contributed by atoms with E-state index in [2.05, 4.69) is 22.5 Å². The molecule has 2 heterocycles. The van der Waals surface area contributed by atoms with E-state index in [-0.39, 0.29) is 23.6 Å². The van der Waals surface area contributed by atoms with Gasteiger partial charge in [-0.3, -0.25) is 19.4 Å². The van der Waals surface area contributed by atoms with Gasteiger partial charge in [0.2, 0.25) is 11.8 Å². The molecule has 2 N–H and O–H groups in total. The van der Waals surface area contributed by atoms with Gasteiger partial charge >= 0.3 is 0 Å². The lowest BCUT2D eigenvalue weighted by molar-refractivity contribution is -0.123. The van der Waals surface area contributed by atoms with Crippen LogP contribution in [0.2, 0.25) is 0 Å². The largest absolute Gasteiger partial charge is 0.355 e. The van der Waals surface area contributed by atoms with Gasteiger partial charge in [-0.15, -0.1) is 0 Å². The summed E-state index contributed by atoms with van der Waals surface area (Å²) in [6.45, 7) is 5.77. The first-order chi connectivity index (χ1) is 12.5. The first kappa shape index (κ1) is 19.9. The molecule has 2 atom stereocenters. The van der Waals surface area contributed by atoms with Gasteiger partial charge < -0.3 is 15.5 Å². The van der Waals surface area contributed by atoms with Crippen LogP contribution in [0, 0.1) is 11.8 Å². The number of carbonyl (C=O) groups is 3. The number of amides is 3. The lowest BCUT2D eigenvalue weighted by Gasteiger charge is -2.38. The van der Waals surface area contributed by atoms with Crippen LogP contribution in [0.5, 0.6) is 0 Å². The van der Waals surface area contributed by atoms with Crippen LogP contribution >= 0.6 is 0 Å². The number of likely N-dealkylation sites (tertiary alicyclic amines) is 1. The Morgan fingerprint density at radius 1 is 1.23 bits per heavy atom. The third-order valence-corrected chi connectivity index (χ3v) is 4.88. The highest BCUT2D eigenvalue weighted by Gasteiger charge is 2.32. The summed E-state index contributed by atoms with van der Waals surface area (Å²) in [6.07, 6.45) is 5.47. The molecular formula is C19H28N4O3. The van der Waals surface area contributed by atoms with Crippen molar-refractivity contribution >= 4 is 17.7 Å². The summed E-state index contributed by atoms with van der Waals surface area (Å²) >= 11 is 0. The van der Waals surface area contributed by atoms with E-state index < -0.39 is 0 Å². The molecule has 2 unspecified atom stereocenters. The molecule has 7 nitrogen and oxygen atoms in total. The Morgan fingerprint density at radius 2 is 2.00 bits per heavy atom. The summed E-state index contributed by atoms with van der Waals surface area (Å²) in [6, 6.07) is 3.55. The number of rotatable bonds is 7. The minimum atomic E-state index is -0.101. The molecule has 3 amide bonds. The lowest BCUT2D eigenvalue weighted by Crippen LogP contribution is -2.45. The van der Waals surface area contributed by atoms with Crippen LogP contribution in [0.15, 0.2) is 24.5 Å². The second-order valence-electron chi connectivity index (χ2n) is 6.75. The van der Waals surface area contributed by atoms with Crippen molar-refractivity contribution in [1.82, 2.24) is 20.5 Å². The summed E-state index contributed by atoms with van der Waals surface area (Å²) in [7, 11) is 0. The minimum Gasteiger partial charge on any atom is -0.355 e. The van der Waals surface area contributed by atoms with E-state index in [0.29, 0.717) is 44.1 Å². The number of piperidine rings is 1. The molecule has 1 saturated heterocycles. The summed E-state index contributed by atoms with van der Waals surface area (Å²) in [5, 5.41) is 5.50. The molecule has 0 aromatic carbocycles. The second-order valence-corrected chi connectivity index (χ2v) is 6.75. The zero-order chi connectivity index (χ0) is 18.9. The maximum absolute atomic E-state index is 12.6. The quantitative estimate of drug-likeness (QED) is 0.715. The Kier molecular flexibility index (Phi) is 7.56. The number of aromatic nitrogens is 1. The van der Waals surface area contributed by atoms with Gasteiger partial charge in [0.1, 0.15) is 0 Å². The Morgan fingerprint density at radius 3 is 2.65 bits per heavy atom. The summed E-state index contributed by atoms with van der Waals surface area (Å²) in [4.78, 5) is 41.4. The average Bonchev–Trinajstić information content (AvgIpc) is 2.65. The van der Waals surface area contributed by atoms with Crippen molar-refractivity contribution in [1.29, 1.82) is 0 Å². The van der Waals surface area contributed by atoms with Gasteiger partial charge in [0.15, 0.2) is 0 Å². The maximum atomic E-state index is 12.6. The summed E-state index contributed by atoms with van der Waals surface area (Å²) in [5.41, 5.74) is 0.608. The van der Waals surface area contributed by atoms with Crippen LogP contribution in [0.1, 0.15) is 43.5 Å². The van der Waals surface area contributed by atoms with Crippen molar-refractivity contribution in [2.24, 2.45) is 11.8 Å². The third-order valence-electron chi connectivity index (χ3n) is 4.88. The van der Waals surface area contributed by atoms with Gasteiger partial charge in [0.25, 0.3) is 5.91 Å². The molecule has 0 bridgehead atoms. The fourth-order valence-electron chi connectivity index (χ4n) is 3.42. The van der Waals surface area contributed by atoms with E-state index in [1.54, 1.807) is 24.5 Å². The Balaban J connectivity index is 1.82. The van der Waals surface area contributed by atoms with E-state index in [4.69, 9.17) is 0 Å². The molecule has 1 fully saturated rings. The minimum absolute atomic E-state index is 0.00541. The van der Waals surface area contributed by atoms with Crippen LogP contribution in [-0.4, -0.2) is 53.8 Å². The summed E-state index contributed by atoms with van der Waals surface area (Å²) in [5.74, 6) is 0.501. The van der Waals surface area contributed by atoms with Gasteiger partial charge in [-0.2, -0.15) is 0 Å². The molecule has 1 aliphatic rings. The van der Waals surface area contributed by atoms with Gasteiger partial charge in [-0.1, -0.05) is 13.3 Å². The molecule has 1 aliphatic heterocycles. The van der Waals surface area contributed by atoms with Crippen LogP contribution in [0.3, 0.4) is 0 Å². The van der Waals surface area contributed by atoms with Crippen molar-refractivity contribution in [2.75, 3.05) is 26.2 Å². The first-order valence-electron chi connectivity index (χ1n) is 9.21. The number of nitrogens with one attached hydrogen (secondary N) is 2. The number of pyridine rings is 1. The Labute approximate surface area is 154 Å². The number of nitrogens with zero attached hydrogens (tertiary/aromatic N) is 2. The highest BCUT2D eigenvalue weighted by molar-refractivity contribution is 5.94. The SMILES string of the molecule is CCC1CN(C(=O)c2cccnc2)CCC1CC(=O)NCCNC(C)=O. The molecule has 26 heavy (non-hydrogen) atoms. The lowest BCUT2D eigenvalue weighted by atomic mass is 9.81. The molecule has 0 radical (unpaired) electrons. The molecule has 142 valence electrons. The predicted octanol–water partition coefficient (Wildman–Crippen LogP) is 1.21. The van der Waals surface area contributed by atoms with Crippen molar-refractivity contribution in [3.63, 3.8) is 0 Å². The van der Waals surface area contributed by atoms with Gasteiger partial charge in [0.05, 0.1) is 5.56 Å². The molecule has 0 spiro atoms. The van der Waals surface area contributed by atoms with E-state index in [1.165, 1.54) is 6.92 Å². The molecular weight excluding hydrogens is 332 g/mol. The Bertz CT molecular complexity index is 620. The van der Waals surface area contributed by atoms with Gasteiger partial charge in [0, 0.05) is 51.9 Å². The van der Waals surface area contributed by atoms with Crippen molar-refractivity contribution in [3.05, 3.63) is 30.1 Å². The fourth-order valence-corrected chi connectivity index (χ4v) is 3.42. The van der Waals surface area contributed by atoms with E-state index in [9.17, 15) is 14.4 Å². The van der Waals surface area contributed by atoms with Gasteiger partial charge in [-0.05, 0) is 30.4 Å². The third kappa shape index (κ3) is 5.82. The fraction of sp³-hybridized carbons (Fsp3) is 0.579. The molecule has 1 aromatic heterocycles. The maximum Gasteiger partial charge on any atom is 0.255 e. The van der Waals surface area contributed by atoms with Gasteiger partial charge in [-0.25, -0.2) is 0 Å². The molecule has 2 rings (SSSR count). The zero-order valence-corrected chi connectivity index (χ0v) is 15.5. The monoisotopic (exact) mass is 360 g/mol. The van der Waals surface area contributed by atoms with E-state index in [0.717, 1.165) is 12.8 Å². The normalized spacial score (nSPS) is 19.7. The number of hydrogen-bond donors (Lipinski definition) is 2. The van der Waals surface area contributed by atoms with E-state index >= 15 is 0 Å². The second kappa shape index (κ2) is 9.89. The smallest absolute Gasteiger partial charge is 0.255 e. The zero-order valence-electron chi connectivity index (χ0n) is 15.5. The van der Waals surface area contributed by atoms with Crippen LogP contribution in [0.25, 0.3) is 0 Å². The predicted molar refractivity (Wildman–Crippen MR) is 98.3 cm³/mol. The molecule has 7 heteroatoms. The van der Waals surface area contributed by atoms with Crippen molar-refractivity contribution in [2.45, 2.75) is 33.1 Å². The highest BCUT2D eigenvalue weighted by Crippen LogP contribution is 2.29. The topological polar surface area (TPSA) is 91.4 Å². The number of carbonyl (C=O) groups excluding carboxylic acids is 3. The standard InChI is InChI=1S/C19H28N4O3/c1-3-15-13-23(19(26)17-5-4-7-20-12-17)10-6-16(15)11-18(25)22-9-8-21-14(2)24/h4-5,7,12,15-16H,3,6,8-11,13H2,1-2H3,(H,21,24)(H,22,25). The van der Waals surface area contributed by atoms with E-state index in [1.807, 2.05) is 4.90 Å². The first-order valence-corrected chi connectivity index (χ1v) is 9.21. The molecule has 1 aromatic rings. The molecule has 0 saturated carbocycles.